The van der Waals surface area contributed by atoms with Crippen molar-refractivity contribution in [3.63, 3.8) is 0 Å². The first-order valence-electron chi connectivity index (χ1n) is 13.0. The highest BCUT2D eigenvalue weighted by Crippen LogP contribution is 2.19. The summed E-state index contributed by atoms with van der Waals surface area (Å²) in [6.07, 6.45) is -0.472. The van der Waals surface area contributed by atoms with E-state index in [9.17, 15) is 40.9 Å². The van der Waals surface area contributed by atoms with Crippen molar-refractivity contribution in [2.75, 3.05) is 0 Å². The zero-order chi connectivity index (χ0) is 31.9. The molecule has 3 atom stereocenters. The van der Waals surface area contributed by atoms with Gasteiger partial charge in [-0.3, -0.25) is 18.7 Å². The minimum absolute atomic E-state index is 0.00679. The van der Waals surface area contributed by atoms with Crippen LogP contribution in [-0.2, 0) is 53.9 Å². The van der Waals surface area contributed by atoms with Crippen LogP contribution >= 0.6 is 0 Å². The Labute approximate surface area is 249 Å². The highest BCUT2D eigenvalue weighted by Gasteiger charge is 2.29. The van der Waals surface area contributed by atoms with Crippen molar-refractivity contribution in [2.24, 2.45) is 11.7 Å². The SMILES string of the molecule is Cc1ccc(CC(NC(=O)C(CC(=O)C(N)Cc2ccc(S(=O)(=O)O)cc2)Cc2ccc(S(=O)(=O)O)cc2)C(=O)O)cc1. The Morgan fingerprint density at radius 2 is 1.14 bits per heavy atom. The van der Waals surface area contributed by atoms with Gasteiger partial charge in [0, 0.05) is 18.8 Å². The molecule has 12 nitrogen and oxygen atoms in total. The second-order valence-electron chi connectivity index (χ2n) is 10.2. The van der Waals surface area contributed by atoms with Crippen molar-refractivity contribution in [2.45, 2.75) is 54.5 Å². The lowest BCUT2D eigenvalue weighted by atomic mass is 9.89. The number of aryl methyl sites for hydroxylation is 1. The number of nitrogens with two attached hydrogens (primary N) is 1. The lowest BCUT2D eigenvalue weighted by Crippen LogP contribution is -2.46. The number of hydrogen-bond donors (Lipinski definition) is 5. The zero-order valence-corrected chi connectivity index (χ0v) is 24.7. The van der Waals surface area contributed by atoms with Crippen LogP contribution in [0.5, 0.6) is 0 Å². The maximum Gasteiger partial charge on any atom is 0.326 e. The van der Waals surface area contributed by atoms with Crippen molar-refractivity contribution in [3.05, 3.63) is 95.1 Å². The molecule has 43 heavy (non-hydrogen) atoms. The Morgan fingerprint density at radius 1 is 0.721 bits per heavy atom. The molecule has 0 heterocycles. The molecule has 0 saturated heterocycles. The molecule has 0 aromatic heterocycles. The summed E-state index contributed by atoms with van der Waals surface area (Å²) >= 11 is 0. The van der Waals surface area contributed by atoms with E-state index >= 15 is 0 Å². The third-order valence-electron chi connectivity index (χ3n) is 6.79. The van der Waals surface area contributed by atoms with Crippen molar-refractivity contribution < 1.29 is 45.4 Å². The van der Waals surface area contributed by atoms with Gasteiger partial charge in [-0.2, -0.15) is 16.8 Å². The average molecular weight is 633 g/mol. The summed E-state index contributed by atoms with van der Waals surface area (Å²) in [4.78, 5) is 37.8. The summed E-state index contributed by atoms with van der Waals surface area (Å²) in [6, 6.07) is 14.8. The Kier molecular flexibility index (Phi) is 10.9. The maximum atomic E-state index is 13.4. The van der Waals surface area contributed by atoms with Crippen LogP contribution in [0.1, 0.15) is 28.7 Å². The van der Waals surface area contributed by atoms with E-state index in [1.54, 1.807) is 12.1 Å². The van der Waals surface area contributed by atoms with Crippen LogP contribution in [0.3, 0.4) is 0 Å². The molecule has 3 rings (SSSR count). The van der Waals surface area contributed by atoms with Crippen molar-refractivity contribution >= 4 is 37.9 Å². The molecule has 0 spiro atoms. The molecule has 0 aliphatic heterocycles. The van der Waals surface area contributed by atoms with Crippen molar-refractivity contribution in [3.8, 4) is 0 Å². The lowest BCUT2D eigenvalue weighted by Gasteiger charge is -2.22. The van der Waals surface area contributed by atoms with Gasteiger partial charge >= 0.3 is 5.97 Å². The van der Waals surface area contributed by atoms with Gasteiger partial charge in [0.2, 0.25) is 5.91 Å². The van der Waals surface area contributed by atoms with Gasteiger partial charge in [0.1, 0.15) is 6.04 Å². The molecule has 3 aromatic carbocycles. The third-order valence-corrected chi connectivity index (χ3v) is 8.52. The van der Waals surface area contributed by atoms with Crippen LogP contribution in [-0.4, -0.2) is 60.8 Å². The molecule has 3 unspecified atom stereocenters. The van der Waals surface area contributed by atoms with E-state index in [2.05, 4.69) is 5.32 Å². The van der Waals surface area contributed by atoms with E-state index in [1.165, 1.54) is 24.3 Å². The highest BCUT2D eigenvalue weighted by atomic mass is 32.2. The summed E-state index contributed by atoms with van der Waals surface area (Å²) in [6.45, 7) is 1.88. The largest absolute Gasteiger partial charge is 0.480 e. The number of amides is 1. The van der Waals surface area contributed by atoms with Crippen LogP contribution in [0.25, 0.3) is 0 Å². The van der Waals surface area contributed by atoms with Crippen molar-refractivity contribution in [1.29, 1.82) is 0 Å². The Morgan fingerprint density at radius 3 is 1.58 bits per heavy atom. The highest BCUT2D eigenvalue weighted by molar-refractivity contribution is 7.86. The van der Waals surface area contributed by atoms with Crippen LogP contribution < -0.4 is 11.1 Å². The van der Waals surface area contributed by atoms with Crippen LogP contribution in [0, 0.1) is 12.8 Å². The van der Waals surface area contributed by atoms with Gasteiger partial charge in [0.25, 0.3) is 20.2 Å². The first-order valence-corrected chi connectivity index (χ1v) is 15.9. The topological polar surface area (TPSA) is 218 Å². The van der Waals surface area contributed by atoms with E-state index in [4.69, 9.17) is 10.3 Å². The number of rotatable bonds is 14. The molecule has 3 aromatic rings. The Balaban J connectivity index is 1.80. The predicted octanol–water partition coefficient (Wildman–Crippen LogP) is 1.99. The zero-order valence-electron chi connectivity index (χ0n) is 23.1. The summed E-state index contributed by atoms with van der Waals surface area (Å²) in [5.41, 5.74) is 8.70. The molecule has 0 aliphatic rings. The molecular weight excluding hydrogens is 600 g/mol. The minimum Gasteiger partial charge on any atom is -0.480 e. The molecule has 230 valence electrons. The summed E-state index contributed by atoms with van der Waals surface area (Å²) in [5.74, 6) is -3.62. The third kappa shape index (κ3) is 10.1. The Hall–Kier alpha value is -3.95. The van der Waals surface area contributed by atoms with Crippen LogP contribution in [0.4, 0.5) is 0 Å². The van der Waals surface area contributed by atoms with Gasteiger partial charge in [-0.15, -0.1) is 0 Å². The van der Waals surface area contributed by atoms with Gasteiger partial charge in [0.05, 0.1) is 15.8 Å². The Bertz CT molecular complexity index is 1670. The van der Waals surface area contributed by atoms with Gasteiger partial charge in [0.15, 0.2) is 5.78 Å². The molecule has 0 aliphatic carbocycles. The monoisotopic (exact) mass is 632 g/mol. The maximum absolute atomic E-state index is 13.4. The second-order valence-corrected chi connectivity index (χ2v) is 13.1. The predicted molar refractivity (Wildman–Crippen MR) is 155 cm³/mol. The number of carboxylic acids is 1. The quantitative estimate of drug-likeness (QED) is 0.162. The van der Waals surface area contributed by atoms with E-state index in [0.29, 0.717) is 16.7 Å². The first-order chi connectivity index (χ1) is 20.0. The number of aliphatic carboxylic acids is 1. The molecular formula is C29H32N2O10S2. The molecule has 0 bridgehead atoms. The first kappa shape index (κ1) is 33.6. The van der Waals surface area contributed by atoms with Gasteiger partial charge < -0.3 is 16.2 Å². The molecule has 0 saturated carbocycles. The summed E-state index contributed by atoms with van der Waals surface area (Å²) in [5, 5.41) is 12.3. The number of hydrogen-bond acceptors (Lipinski definition) is 8. The number of carboxylic acid groups (broad SMARTS) is 1. The van der Waals surface area contributed by atoms with Crippen LogP contribution in [0.2, 0.25) is 0 Å². The van der Waals surface area contributed by atoms with E-state index in [0.717, 1.165) is 29.8 Å². The van der Waals surface area contributed by atoms with Crippen molar-refractivity contribution in [1.82, 2.24) is 5.32 Å². The molecule has 0 fully saturated rings. The van der Waals surface area contributed by atoms with Gasteiger partial charge in [-0.05, 0) is 60.7 Å². The van der Waals surface area contributed by atoms with Gasteiger partial charge in [-0.1, -0.05) is 54.1 Å². The number of carbonyl (C=O) groups excluding carboxylic acids is 2. The summed E-state index contributed by atoms with van der Waals surface area (Å²) in [7, 11) is -8.86. The fourth-order valence-electron chi connectivity index (χ4n) is 4.35. The minimum atomic E-state index is -4.46. The number of Topliss-reactive ketones (excluding diaryl/α,β-unsaturated/α-hetero) is 1. The van der Waals surface area contributed by atoms with E-state index in [-0.39, 0.29) is 35.5 Å². The fraction of sp³-hybridized carbons (Fsp3) is 0.276. The molecule has 1 amide bonds. The number of benzene rings is 3. The number of nitrogens with one attached hydrogen (secondary N) is 1. The number of carbonyl (C=O) groups is 3. The fourth-order valence-corrected chi connectivity index (χ4v) is 5.31. The lowest BCUT2D eigenvalue weighted by molar-refractivity contribution is -0.142. The van der Waals surface area contributed by atoms with E-state index in [1.807, 2.05) is 19.1 Å². The van der Waals surface area contributed by atoms with E-state index < -0.39 is 55.9 Å². The molecule has 6 N–H and O–H groups in total. The molecule has 0 radical (unpaired) electrons. The molecule has 14 heteroatoms. The standard InChI is InChI=1S/C29H32N2O10S2/c1-18-2-4-21(5-3-18)16-26(29(34)35)31-28(33)22(14-19-6-10-23(11-7-19)42(36,37)38)17-27(32)25(30)15-20-8-12-24(13-9-20)43(39,40)41/h2-13,22,25-26H,14-17,30H2,1H3,(H,31,33)(H,34,35)(H,36,37,38)(H,39,40,41). The van der Waals surface area contributed by atoms with Crippen LogP contribution in [0.15, 0.2) is 82.6 Å². The summed E-state index contributed by atoms with van der Waals surface area (Å²) < 4.78 is 63.7. The van der Waals surface area contributed by atoms with Gasteiger partial charge in [-0.25, -0.2) is 4.79 Å². The second kappa shape index (κ2) is 14.0. The number of ketones is 1. The normalized spacial score (nSPS) is 14.0. The smallest absolute Gasteiger partial charge is 0.326 e. The average Bonchev–Trinajstić information content (AvgIpc) is 2.92.